The summed E-state index contributed by atoms with van der Waals surface area (Å²) in [5.41, 5.74) is 3.13. The van der Waals surface area contributed by atoms with E-state index < -0.39 is 0 Å². The normalized spacial score (nSPS) is 11.4. The molecular weight excluding hydrogens is 466 g/mol. The van der Waals surface area contributed by atoms with Crippen LogP contribution in [-0.4, -0.2) is 9.55 Å². The minimum absolute atomic E-state index is 0.114. The summed E-state index contributed by atoms with van der Waals surface area (Å²) < 4.78 is 15.8. The van der Waals surface area contributed by atoms with Gasteiger partial charge in [-0.2, -0.15) is 0 Å². The van der Waals surface area contributed by atoms with Gasteiger partial charge in [0.2, 0.25) is 0 Å². The molecule has 5 heteroatoms. The molecule has 0 fully saturated rings. The first-order valence-electron chi connectivity index (χ1n) is 8.75. The van der Waals surface area contributed by atoms with E-state index in [-0.39, 0.29) is 11.4 Å². The number of para-hydroxylation sites is 1. The number of hydrogen-bond donors (Lipinski definition) is 0. The number of nitrogens with zero attached hydrogens (tertiary/aromatic N) is 2. The molecule has 1 heterocycles. The molecule has 0 radical (unpaired) electrons. The lowest BCUT2D eigenvalue weighted by Crippen LogP contribution is -2.23. The van der Waals surface area contributed by atoms with E-state index in [0.29, 0.717) is 16.7 Å². The van der Waals surface area contributed by atoms with Crippen LogP contribution >= 0.6 is 22.6 Å². The van der Waals surface area contributed by atoms with Gasteiger partial charge in [0.15, 0.2) is 0 Å². The summed E-state index contributed by atoms with van der Waals surface area (Å²) in [6.07, 6.45) is 3.62. The third-order valence-electron chi connectivity index (χ3n) is 4.51. The van der Waals surface area contributed by atoms with Crippen LogP contribution in [0.25, 0.3) is 28.7 Å². The van der Waals surface area contributed by atoms with Gasteiger partial charge >= 0.3 is 0 Å². The predicted octanol–water partition coefficient (Wildman–Crippen LogP) is 5.61. The molecule has 3 aromatic carbocycles. The van der Waals surface area contributed by atoms with Crippen LogP contribution in [0, 0.1) is 16.3 Å². The van der Waals surface area contributed by atoms with Crippen molar-refractivity contribution >= 4 is 45.6 Å². The molecule has 0 unspecified atom stereocenters. The van der Waals surface area contributed by atoms with Crippen LogP contribution < -0.4 is 5.56 Å². The quantitative estimate of drug-likeness (QED) is 0.356. The molecule has 0 amide bonds. The number of rotatable bonds is 3. The van der Waals surface area contributed by atoms with Gasteiger partial charge < -0.3 is 0 Å². The fourth-order valence-corrected chi connectivity index (χ4v) is 3.57. The molecule has 1 aromatic heterocycles. The maximum absolute atomic E-state index is 13.3. The molecule has 4 aromatic rings. The second-order valence-electron chi connectivity index (χ2n) is 6.44. The standard InChI is InChI=1S/C23H16FIN2O/c1-15-4-2-3-5-21(15)27-22(13-8-16-6-9-17(24)10-7-16)26-20-12-11-18(25)14-19(20)23(27)28/h2-14H,1H3. The minimum Gasteiger partial charge on any atom is -0.268 e. The van der Waals surface area contributed by atoms with Crippen molar-refractivity contribution in [2.75, 3.05) is 0 Å². The van der Waals surface area contributed by atoms with E-state index >= 15 is 0 Å². The Kier molecular flexibility index (Phi) is 5.09. The zero-order valence-electron chi connectivity index (χ0n) is 15.1. The van der Waals surface area contributed by atoms with Gasteiger partial charge in [-0.3, -0.25) is 9.36 Å². The van der Waals surface area contributed by atoms with Crippen LogP contribution in [0.15, 0.2) is 71.5 Å². The Balaban J connectivity index is 1.97. The molecule has 0 spiro atoms. The summed E-state index contributed by atoms with van der Waals surface area (Å²) in [6, 6.07) is 19.5. The Bertz CT molecular complexity index is 1260. The molecule has 0 bridgehead atoms. The first kappa shape index (κ1) is 18.6. The number of aromatic nitrogens is 2. The maximum atomic E-state index is 13.3. The minimum atomic E-state index is -0.285. The molecule has 28 heavy (non-hydrogen) atoms. The van der Waals surface area contributed by atoms with Crippen LogP contribution in [0.2, 0.25) is 0 Å². The molecule has 0 saturated heterocycles. The van der Waals surface area contributed by atoms with E-state index in [4.69, 9.17) is 4.98 Å². The molecule has 0 N–H and O–H groups in total. The van der Waals surface area contributed by atoms with Crippen molar-refractivity contribution in [3.8, 4) is 5.69 Å². The van der Waals surface area contributed by atoms with Crippen molar-refractivity contribution in [2.45, 2.75) is 6.92 Å². The highest BCUT2D eigenvalue weighted by Crippen LogP contribution is 2.19. The van der Waals surface area contributed by atoms with E-state index in [1.165, 1.54) is 12.1 Å². The summed E-state index contributed by atoms with van der Waals surface area (Å²) in [5.74, 6) is 0.240. The summed E-state index contributed by atoms with van der Waals surface area (Å²) in [6.45, 7) is 1.97. The van der Waals surface area contributed by atoms with Crippen LogP contribution in [0.5, 0.6) is 0 Å². The molecule has 3 nitrogen and oxygen atoms in total. The van der Waals surface area contributed by atoms with E-state index in [1.807, 2.05) is 55.5 Å². The summed E-state index contributed by atoms with van der Waals surface area (Å²) in [5, 5.41) is 0.578. The van der Waals surface area contributed by atoms with Crippen molar-refractivity contribution in [3.05, 3.63) is 103 Å². The van der Waals surface area contributed by atoms with Gasteiger partial charge in [-0.1, -0.05) is 36.4 Å². The maximum Gasteiger partial charge on any atom is 0.266 e. The third-order valence-corrected chi connectivity index (χ3v) is 5.18. The topological polar surface area (TPSA) is 34.9 Å². The van der Waals surface area contributed by atoms with Crippen molar-refractivity contribution in [2.24, 2.45) is 0 Å². The summed E-state index contributed by atoms with van der Waals surface area (Å²) >= 11 is 2.19. The van der Waals surface area contributed by atoms with Crippen LogP contribution in [0.1, 0.15) is 17.0 Å². The fourth-order valence-electron chi connectivity index (χ4n) is 3.08. The summed E-state index contributed by atoms with van der Waals surface area (Å²) in [7, 11) is 0. The monoisotopic (exact) mass is 482 g/mol. The molecule has 0 saturated carbocycles. The van der Waals surface area contributed by atoms with Crippen LogP contribution in [0.3, 0.4) is 0 Å². The average molecular weight is 482 g/mol. The average Bonchev–Trinajstić information content (AvgIpc) is 2.69. The van der Waals surface area contributed by atoms with Gasteiger partial charge in [0.05, 0.1) is 16.6 Å². The largest absolute Gasteiger partial charge is 0.268 e. The van der Waals surface area contributed by atoms with Gasteiger partial charge in [-0.05, 0) is 83.1 Å². The van der Waals surface area contributed by atoms with Crippen molar-refractivity contribution in [1.82, 2.24) is 9.55 Å². The highest BCUT2D eigenvalue weighted by atomic mass is 127. The molecule has 0 aliphatic heterocycles. The van der Waals surface area contributed by atoms with E-state index in [9.17, 15) is 9.18 Å². The zero-order chi connectivity index (χ0) is 19.7. The molecule has 138 valence electrons. The van der Waals surface area contributed by atoms with Crippen molar-refractivity contribution in [1.29, 1.82) is 0 Å². The van der Waals surface area contributed by atoms with E-state index in [2.05, 4.69) is 22.6 Å². The number of fused-ring (bicyclic) bond motifs is 1. The van der Waals surface area contributed by atoms with Gasteiger partial charge in [0.1, 0.15) is 11.6 Å². The number of halogens is 2. The van der Waals surface area contributed by atoms with Crippen LogP contribution in [-0.2, 0) is 0 Å². The van der Waals surface area contributed by atoms with Gasteiger partial charge in [0, 0.05) is 3.57 Å². The smallest absolute Gasteiger partial charge is 0.266 e. The van der Waals surface area contributed by atoms with E-state index in [0.717, 1.165) is 20.4 Å². The molecular formula is C23H16FIN2O. The second-order valence-corrected chi connectivity index (χ2v) is 7.69. The molecule has 0 aliphatic carbocycles. The lowest BCUT2D eigenvalue weighted by Gasteiger charge is -2.13. The lowest BCUT2D eigenvalue weighted by atomic mass is 10.1. The third kappa shape index (κ3) is 3.62. The Morgan fingerprint density at radius 1 is 1.00 bits per heavy atom. The number of aryl methyl sites for hydroxylation is 1. The first-order valence-corrected chi connectivity index (χ1v) is 9.83. The highest BCUT2D eigenvalue weighted by molar-refractivity contribution is 14.1. The number of hydrogen-bond acceptors (Lipinski definition) is 2. The van der Waals surface area contributed by atoms with Crippen molar-refractivity contribution in [3.63, 3.8) is 0 Å². The number of benzene rings is 3. The zero-order valence-corrected chi connectivity index (χ0v) is 17.2. The Labute approximate surface area is 175 Å². The SMILES string of the molecule is Cc1ccccc1-n1c(C=Cc2ccc(F)cc2)nc2ccc(I)cc2c1=O. The van der Waals surface area contributed by atoms with Crippen molar-refractivity contribution < 1.29 is 4.39 Å². The Morgan fingerprint density at radius 2 is 1.75 bits per heavy atom. The Morgan fingerprint density at radius 3 is 2.50 bits per heavy atom. The lowest BCUT2D eigenvalue weighted by molar-refractivity contribution is 0.628. The van der Waals surface area contributed by atoms with Gasteiger partial charge in [-0.15, -0.1) is 0 Å². The Hall–Kier alpha value is -2.80. The molecule has 4 rings (SSSR count). The predicted molar refractivity (Wildman–Crippen MR) is 120 cm³/mol. The van der Waals surface area contributed by atoms with E-state index in [1.54, 1.807) is 22.8 Å². The fraction of sp³-hybridized carbons (Fsp3) is 0.0435. The molecule has 0 atom stereocenters. The van der Waals surface area contributed by atoms with Crippen LogP contribution in [0.4, 0.5) is 4.39 Å². The van der Waals surface area contributed by atoms with Gasteiger partial charge in [-0.25, -0.2) is 9.37 Å². The second kappa shape index (κ2) is 7.67. The first-order chi connectivity index (χ1) is 13.5. The summed E-state index contributed by atoms with van der Waals surface area (Å²) in [4.78, 5) is 18.1. The molecule has 0 aliphatic rings. The van der Waals surface area contributed by atoms with Gasteiger partial charge in [0.25, 0.3) is 5.56 Å². The highest BCUT2D eigenvalue weighted by Gasteiger charge is 2.13.